The van der Waals surface area contributed by atoms with Crippen LogP contribution in [0.25, 0.3) is 0 Å². The van der Waals surface area contributed by atoms with Crippen LogP contribution in [0, 0.1) is 0 Å². The fraction of sp³-hybridized carbons (Fsp3) is 0.750. The fourth-order valence-electron chi connectivity index (χ4n) is 0.769. The second-order valence-corrected chi connectivity index (χ2v) is 2.88. The molecule has 0 saturated carbocycles. The van der Waals surface area contributed by atoms with Gasteiger partial charge in [-0.2, -0.15) is 0 Å². The molecule has 0 aliphatic rings. The van der Waals surface area contributed by atoms with Crippen LogP contribution in [0.5, 0.6) is 0 Å². The van der Waals surface area contributed by atoms with Crippen LogP contribution in [-0.4, -0.2) is 36.8 Å². The van der Waals surface area contributed by atoms with E-state index in [-0.39, 0.29) is 11.9 Å². The normalized spacial score (nSPS) is 14.2. The van der Waals surface area contributed by atoms with Crippen LogP contribution in [-0.2, 0) is 4.79 Å². The van der Waals surface area contributed by atoms with Gasteiger partial charge in [-0.25, -0.2) is 0 Å². The Balaban J connectivity index is 4.21. The average molecular weight is 171 g/mol. The number of carbonyl (C=O) groups is 1. The van der Waals surface area contributed by atoms with Gasteiger partial charge in [-0.1, -0.05) is 6.92 Å². The molecule has 1 atom stereocenters. The summed E-state index contributed by atoms with van der Waals surface area (Å²) in [5.74, 6) is 0.504. The first-order valence-corrected chi connectivity index (χ1v) is 4.02. The maximum atomic E-state index is 11.3. The molecular weight excluding hydrogens is 154 g/mol. The van der Waals surface area contributed by atoms with E-state index in [1.54, 1.807) is 21.0 Å². The van der Waals surface area contributed by atoms with Crippen LogP contribution >= 0.6 is 0 Å². The third-order valence-corrected chi connectivity index (χ3v) is 1.52. The van der Waals surface area contributed by atoms with E-state index in [0.717, 1.165) is 0 Å². The summed E-state index contributed by atoms with van der Waals surface area (Å²) in [6.45, 7) is 3.65. The molecule has 0 aromatic heterocycles. The molecule has 4 nitrogen and oxygen atoms in total. The predicted molar refractivity (Wildman–Crippen MR) is 50.1 cm³/mol. The Bertz CT molecular complexity index is 187. The Kier molecular flexibility index (Phi) is 4.33. The number of rotatable bonds is 3. The maximum Gasteiger partial charge on any atom is 0.246 e. The molecule has 0 heterocycles. The SMILES string of the molecule is CCC(N)=NC(C)C(=O)N(C)C. The maximum absolute atomic E-state index is 11.3. The Morgan fingerprint density at radius 3 is 2.42 bits per heavy atom. The quantitative estimate of drug-likeness (QED) is 0.488. The number of carbonyl (C=O) groups excluding carboxylic acids is 1. The molecule has 0 spiro atoms. The van der Waals surface area contributed by atoms with Crippen molar-refractivity contribution in [1.82, 2.24) is 4.90 Å². The van der Waals surface area contributed by atoms with Gasteiger partial charge in [-0.3, -0.25) is 9.79 Å². The minimum absolute atomic E-state index is 0.0219. The van der Waals surface area contributed by atoms with Crippen molar-refractivity contribution in [2.75, 3.05) is 14.1 Å². The van der Waals surface area contributed by atoms with Crippen molar-refractivity contribution in [2.45, 2.75) is 26.3 Å². The first-order chi connectivity index (χ1) is 5.49. The average Bonchev–Trinajstić information content (AvgIpc) is 2.02. The molecular formula is C8H17N3O. The highest BCUT2D eigenvalue weighted by molar-refractivity contribution is 5.86. The van der Waals surface area contributed by atoms with E-state index in [4.69, 9.17) is 5.73 Å². The monoisotopic (exact) mass is 171 g/mol. The predicted octanol–water partition coefficient (Wildman–Crippen LogP) is 0.230. The summed E-state index contributed by atoms with van der Waals surface area (Å²) in [5, 5.41) is 0. The lowest BCUT2D eigenvalue weighted by atomic mass is 10.3. The van der Waals surface area contributed by atoms with Crippen molar-refractivity contribution in [3.63, 3.8) is 0 Å². The van der Waals surface area contributed by atoms with Crippen molar-refractivity contribution < 1.29 is 4.79 Å². The Hall–Kier alpha value is -1.06. The summed E-state index contributed by atoms with van der Waals surface area (Å²) >= 11 is 0. The van der Waals surface area contributed by atoms with Crippen molar-refractivity contribution in [2.24, 2.45) is 10.7 Å². The highest BCUT2D eigenvalue weighted by Gasteiger charge is 2.12. The molecule has 0 aliphatic carbocycles. The van der Waals surface area contributed by atoms with Crippen LogP contribution < -0.4 is 5.73 Å². The summed E-state index contributed by atoms with van der Waals surface area (Å²) in [7, 11) is 3.41. The summed E-state index contributed by atoms with van der Waals surface area (Å²) < 4.78 is 0. The molecule has 2 N–H and O–H groups in total. The number of hydrogen-bond donors (Lipinski definition) is 1. The first-order valence-electron chi connectivity index (χ1n) is 4.02. The second kappa shape index (κ2) is 4.74. The second-order valence-electron chi connectivity index (χ2n) is 2.88. The van der Waals surface area contributed by atoms with Gasteiger partial charge < -0.3 is 10.6 Å². The van der Waals surface area contributed by atoms with Gasteiger partial charge in [0.05, 0.1) is 5.84 Å². The van der Waals surface area contributed by atoms with E-state index >= 15 is 0 Å². The Morgan fingerprint density at radius 1 is 1.58 bits per heavy atom. The zero-order chi connectivity index (χ0) is 9.72. The molecule has 0 aromatic carbocycles. The molecule has 0 saturated heterocycles. The molecule has 70 valence electrons. The van der Waals surface area contributed by atoms with E-state index in [0.29, 0.717) is 12.3 Å². The summed E-state index contributed by atoms with van der Waals surface area (Å²) in [6, 6.07) is -0.361. The van der Waals surface area contributed by atoms with Crippen molar-refractivity contribution in [3.05, 3.63) is 0 Å². The van der Waals surface area contributed by atoms with E-state index < -0.39 is 0 Å². The lowest BCUT2D eigenvalue weighted by molar-refractivity contribution is -0.129. The lowest BCUT2D eigenvalue weighted by Gasteiger charge is -2.13. The molecule has 0 rings (SSSR count). The fourth-order valence-corrected chi connectivity index (χ4v) is 0.769. The van der Waals surface area contributed by atoms with Gasteiger partial charge in [0.15, 0.2) is 0 Å². The standard InChI is InChI=1S/C8H17N3O/c1-5-7(9)10-6(2)8(12)11(3)4/h6H,5H2,1-4H3,(H2,9,10). The van der Waals surface area contributed by atoms with Crippen LogP contribution in [0.15, 0.2) is 4.99 Å². The molecule has 1 amide bonds. The highest BCUT2D eigenvalue weighted by Crippen LogP contribution is 1.95. The summed E-state index contributed by atoms with van der Waals surface area (Å²) in [6.07, 6.45) is 0.686. The number of hydrogen-bond acceptors (Lipinski definition) is 2. The largest absolute Gasteiger partial charge is 0.387 e. The molecule has 0 aromatic rings. The third kappa shape index (κ3) is 3.37. The van der Waals surface area contributed by atoms with Crippen molar-refractivity contribution in [3.8, 4) is 0 Å². The molecule has 0 fully saturated rings. The molecule has 1 unspecified atom stereocenters. The zero-order valence-corrected chi connectivity index (χ0v) is 8.16. The summed E-state index contributed by atoms with van der Waals surface area (Å²) in [5.41, 5.74) is 5.49. The van der Waals surface area contributed by atoms with Gasteiger partial charge in [0.1, 0.15) is 6.04 Å². The van der Waals surface area contributed by atoms with E-state index in [9.17, 15) is 4.79 Å². The zero-order valence-electron chi connectivity index (χ0n) is 8.16. The molecule has 12 heavy (non-hydrogen) atoms. The third-order valence-electron chi connectivity index (χ3n) is 1.52. The minimum Gasteiger partial charge on any atom is -0.387 e. The van der Waals surface area contributed by atoms with E-state index in [1.807, 2.05) is 6.92 Å². The van der Waals surface area contributed by atoms with Gasteiger partial charge in [0.25, 0.3) is 0 Å². The molecule has 4 heteroatoms. The Labute approximate surface area is 73.5 Å². The molecule has 0 aliphatic heterocycles. The van der Waals surface area contributed by atoms with E-state index in [1.165, 1.54) is 4.90 Å². The van der Waals surface area contributed by atoms with Gasteiger partial charge in [-0.05, 0) is 6.92 Å². The lowest BCUT2D eigenvalue weighted by Crippen LogP contribution is -2.32. The topological polar surface area (TPSA) is 58.7 Å². The van der Waals surface area contributed by atoms with Crippen LogP contribution in [0.3, 0.4) is 0 Å². The van der Waals surface area contributed by atoms with Gasteiger partial charge >= 0.3 is 0 Å². The number of aliphatic imine (C=N–C) groups is 1. The molecule has 0 bridgehead atoms. The minimum atomic E-state index is -0.361. The summed E-state index contributed by atoms with van der Waals surface area (Å²) in [4.78, 5) is 16.8. The highest BCUT2D eigenvalue weighted by atomic mass is 16.2. The van der Waals surface area contributed by atoms with Crippen LogP contribution in [0.1, 0.15) is 20.3 Å². The number of amidine groups is 1. The van der Waals surface area contributed by atoms with Crippen LogP contribution in [0.2, 0.25) is 0 Å². The Morgan fingerprint density at radius 2 is 2.08 bits per heavy atom. The molecule has 0 radical (unpaired) electrons. The van der Waals surface area contributed by atoms with Crippen molar-refractivity contribution in [1.29, 1.82) is 0 Å². The van der Waals surface area contributed by atoms with Gasteiger partial charge in [0, 0.05) is 20.5 Å². The number of nitrogens with zero attached hydrogens (tertiary/aromatic N) is 2. The first kappa shape index (κ1) is 10.9. The number of amides is 1. The van der Waals surface area contributed by atoms with Crippen LogP contribution in [0.4, 0.5) is 0 Å². The number of likely N-dealkylation sites (N-methyl/N-ethyl adjacent to an activating group) is 1. The smallest absolute Gasteiger partial charge is 0.246 e. The van der Waals surface area contributed by atoms with Gasteiger partial charge in [-0.15, -0.1) is 0 Å². The van der Waals surface area contributed by atoms with E-state index in [2.05, 4.69) is 4.99 Å². The number of nitrogens with two attached hydrogens (primary N) is 1. The van der Waals surface area contributed by atoms with Crippen molar-refractivity contribution >= 4 is 11.7 Å². The van der Waals surface area contributed by atoms with Gasteiger partial charge in [0.2, 0.25) is 5.91 Å².